The second kappa shape index (κ2) is 7.40. The average Bonchev–Trinajstić information content (AvgIpc) is 2.52. The lowest BCUT2D eigenvalue weighted by atomic mass is 10.1. The molecule has 0 spiro atoms. The number of oxime groups is 1. The Kier molecular flexibility index (Phi) is 5.29. The van der Waals surface area contributed by atoms with Crippen molar-refractivity contribution in [2.45, 2.75) is 13.0 Å². The summed E-state index contributed by atoms with van der Waals surface area (Å²) in [5, 5.41) is 15.0. The summed E-state index contributed by atoms with van der Waals surface area (Å²) in [6.07, 6.45) is 0.610. The predicted octanol–water partition coefficient (Wildman–Crippen LogP) is 2.25. The van der Waals surface area contributed by atoms with Gasteiger partial charge >= 0.3 is 0 Å². The first-order valence-corrected chi connectivity index (χ1v) is 6.72. The minimum absolute atomic E-state index is 0.0847. The fourth-order valence-corrected chi connectivity index (χ4v) is 2.13. The summed E-state index contributed by atoms with van der Waals surface area (Å²) < 4.78 is 13.5. The fraction of sp³-hybridized carbons (Fsp3) is 0.188. The molecule has 110 valence electrons. The molecule has 0 heterocycles. The molecule has 0 saturated carbocycles. The van der Waals surface area contributed by atoms with Gasteiger partial charge in [-0.15, -0.1) is 0 Å². The van der Waals surface area contributed by atoms with E-state index in [9.17, 15) is 4.39 Å². The number of rotatable bonds is 6. The van der Waals surface area contributed by atoms with E-state index in [0.29, 0.717) is 30.6 Å². The van der Waals surface area contributed by atoms with E-state index < -0.39 is 0 Å². The molecule has 0 aliphatic heterocycles. The van der Waals surface area contributed by atoms with Gasteiger partial charge in [-0.25, -0.2) is 4.39 Å². The van der Waals surface area contributed by atoms with Crippen LogP contribution in [0.5, 0.6) is 0 Å². The molecule has 0 aromatic heterocycles. The van der Waals surface area contributed by atoms with Crippen LogP contribution in [0.2, 0.25) is 0 Å². The number of nitrogens with two attached hydrogens (primary N) is 1. The standard InChI is InChI=1S/C16H18FN3O/c17-15-8-4-2-5-12(15)9-10-19-11-13-6-1-3-7-14(13)16(18)20-21/h1-8,19,21H,9-11H2,(H2,18,20). The van der Waals surface area contributed by atoms with Crippen molar-refractivity contribution in [1.82, 2.24) is 5.32 Å². The Morgan fingerprint density at radius 2 is 1.76 bits per heavy atom. The van der Waals surface area contributed by atoms with Crippen LogP contribution in [0.15, 0.2) is 53.7 Å². The zero-order valence-electron chi connectivity index (χ0n) is 11.6. The van der Waals surface area contributed by atoms with Crippen LogP contribution < -0.4 is 11.1 Å². The highest BCUT2D eigenvalue weighted by molar-refractivity contribution is 5.98. The number of hydrogen-bond acceptors (Lipinski definition) is 3. The minimum atomic E-state index is -0.184. The Morgan fingerprint density at radius 3 is 2.48 bits per heavy atom. The Bertz CT molecular complexity index is 628. The Morgan fingerprint density at radius 1 is 1.10 bits per heavy atom. The third-order valence-electron chi connectivity index (χ3n) is 3.25. The molecular weight excluding hydrogens is 269 g/mol. The second-order valence-corrected chi connectivity index (χ2v) is 4.66. The largest absolute Gasteiger partial charge is 0.409 e. The smallest absolute Gasteiger partial charge is 0.170 e. The van der Waals surface area contributed by atoms with Crippen LogP contribution >= 0.6 is 0 Å². The Hall–Kier alpha value is -2.40. The molecule has 0 aliphatic carbocycles. The maximum Gasteiger partial charge on any atom is 0.170 e. The van der Waals surface area contributed by atoms with Crippen molar-refractivity contribution in [3.05, 3.63) is 71.0 Å². The van der Waals surface area contributed by atoms with E-state index in [1.807, 2.05) is 24.3 Å². The van der Waals surface area contributed by atoms with Gasteiger partial charge in [-0.2, -0.15) is 0 Å². The molecule has 2 rings (SSSR count). The topological polar surface area (TPSA) is 70.6 Å². The van der Waals surface area contributed by atoms with Crippen LogP contribution in [0.1, 0.15) is 16.7 Å². The van der Waals surface area contributed by atoms with Crippen LogP contribution in [0.25, 0.3) is 0 Å². The molecule has 0 atom stereocenters. The van der Waals surface area contributed by atoms with Crippen molar-refractivity contribution in [3.63, 3.8) is 0 Å². The van der Waals surface area contributed by atoms with Crippen molar-refractivity contribution in [3.8, 4) is 0 Å². The summed E-state index contributed by atoms with van der Waals surface area (Å²) in [4.78, 5) is 0. The van der Waals surface area contributed by atoms with Gasteiger partial charge in [0, 0.05) is 12.1 Å². The van der Waals surface area contributed by atoms with Gasteiger partial charge in [0.1, 0.15) is 5.82 Å². The molecule has 2 aromatic carbocycles. The van der Waals surface area contributed by atoms with Crippen LogP contribution in [-0.4, -0.2) is 17.6 Å². The number of halogens is 1. The summed E-state index contributed by atoms with van der Waals surface area (Å²) >= 11 is 0. The van der Waals surface area contributed by atoms with Crippen LogP contribution in [0.3, 0.4) is 0 Å². The van der Waals surface area contributed by atoms with Crippen LogP contribution in [0, 0.1) is 5.82 Å². The van der Waals surface area contributed by atoms with Gasteiger partial charge in [0.15, 0.2) is 5.84 Å². The third kappa shape index (κ3) is 4.03. The highest BCUT2D eigenvalue weighted by Gasteiger charge is 2.06. The van der Waals surface area contributed by atoms with Gasteiger partial charge in [0.25, 0.3) is 0 Å². The fourth-order valence-electron chi connectivity index (χ4n) is 2.13. The number of benzene rings is 2. The van der Waals surface area contributed by atoms with Crippen molar-refractivity contribution >= 4 is 5.84 Å². The van der Waals surface area contributed by atoms with E-state index in [1.54, 1.807) is 18.2 Å². The molecule has 0 saturated heterocycles. The van der Waals surface area contributed by atoms with Gasteiger partial charge in [-0.05, 0) is 30.2 Å². The molecule has 0 radical (unpaired) electrons. The maximum atomic E-state index is 13.5. The summed E-state index contributed by atoms with van der Waals surface area (Å²) in [7, 11) is 0. The first-order chi connectivity index (χ1) is 10.2. The van der Waals surface area contributed by atoms with E-state index >= 15 is 0 Å². The average molecular weight is 287 g/mol. The maximum absolute atomic E-state index is 13.5. The molecular formula is C16H18FN3O. The lowest BCUT2D eigenvalue weighted by Gasteiger charge is -2.09. The molecule has 0 bridgehead atoms. The SMILES string of the molecule is NC(=NO)c1ccccc1CNCCc1ccccc1F. The second-order valence-electron chi connectivity index (χ2n) is 4.66. The van der Waals surface area contributed by atoms with Gasteiger partial charge in [0.05, 0.1) is 0 Å². The monoisotopic (exact) mass is 287 g/mol. The lowest BCUT2D eigenvalue weighted by Crippen LogP contribution is -2.21. The van der Waals surface area contributed by atoms with Crippen LogP contribution in [-0.2, 0) is 13.0 Å². The molecule has 21 heavy (non-hydrogen) atoms. The molecule has 2 aromatic rings. The Labute approximate surface area is 123 Å². The van der Waals surface area contributed by atoms with Gasteiger partial charge < -0.3 is 16.3 Å². The number of hydrogen-bond donors (Lipinski definition) is 3. The first kappa shape index (κ1) is 15.0. The van der Waals surface area contributed by atoms with E-state index in [4.69, 9.17) is 10.9 Å². The quantitative estimate of drug-likeness (QED) is 0.251. The molecule has 4 N–H and O–H groups in total. The van der Waals surface area contributed by atoms with Gasteiger partial charge in [0.2, 0.25) is 0 Å². The summed E-state index contributed by atoms with van der Waals surface area (Å²) in [6, 6.07) is 14.2. The van der Waals surface area contributed by atoms with Crippen molar-refractivity contribution in [1.29, 1.82) is 0 Å². The molecule has 4 nitrogen and oxygen atoms in total. The molecule has 5 heteroatoms. The van der Waals surface area contributed by atoms with Crippen molar-refractivity contribution in [2.24, 2.45) is 10.9 Å². The molecule has 0 aliphatic rings. The lowest BCUT2D eigenvalue weighted by molar-refractivity contribution is 0.318. The van der Waals surface area contributed by atoms with Crippen molar-refractivity contribution in [2.75, 3.05) is 6.54 Å². The van der Waals surface area contributed by atoms with E-state index in [0.717, 1.165) is 5.56 Å². The Balaban J connectivity index is 1.91. The predicted molar refractivity (Wildman–Crippen MR) is 80.8 cm³/mol. The highest BCUT2D eigenvalue weighted by atomic mass is 19.1. The number of nitrogens with one attached hydrogen (secondary N) is 1. The molecule has 0 amide bonds. The zero-order valence-corrected chi connectivity index (χ0v) is 11.6. The summed E-state index contributed by atoms with van der Waals surface area (Å²) in [6.45, 7) is 1.21. The van der Waals surface area contributed by atoms with Crippen molar-refractivity contribution < 1.29 is 9.60 Å². The molecule has 0 fully saturated rings. The molecule has 0 unspecified atom stereocenters. The summed E-state index contributed by atoms with van der Waals surface area (Å²) in [5.74, 6) is -0.0992. The first-order valence-electron chi connectivity index (χ1n) is 6.72. The normalized spacial score (nSPS) is 11.6. The minimum Gasteiger partial charge on any atom is -0.409 e. The number of amidine groups is 1. The summed E-state index contributed by atoms with van der Waals surface area (Å²) in [5.41, 5.74) is 7.95. The van der Waals surface area contributed by atoms with E-state index in [-0.39, 0.29) is 11.7 Å². The third-order valence-corrected chi connectivity index (χ3v) is 3.25. The van der Waals surface area contributed by atoms with Crippen LogP contribution in [0.4, 0.5) is 4.39 Å². The van der Waals surface area contributed by atoms with Gasteiger partial charge in [-0.1, -0.05) is 47.6 Å². The van der Waals surface area contributed by atoms with Gasteiger partial charge in [-0.3, -0.25) is 0 Å². The number of nitrogens with zero attached hydrogens (tertiary/aromatic N) is 1. The van der Waals surface area contributed by atoms with E-state index in [2.05, 4.69) is 10.5 Å². The highest BCUT2D eigenvalue weighted by Crippen LogP contribution is 2.09. The van der Waals surface area contributed by atoms with E-state index in [1.165, 1.54) is 6.07 Å². The zero-order chi connectivity index (χ0) is 15.1.